The molecule has 0 saturated heterocycles. The first-order valence-electron chi connectivity index (χ1n) is 18.1. The minimum atomic E-state index is -0.555. The molecule has 262 valence electrons. The van der Waals surface area contributed by atoms with Gasteiger partial charge in [-0.3, -0.25) is 9.59 Å². The van der Waals surface area contributed by atoms with Gasteiger partial charge in [0.05, 0.1) is 5.75 Å². The van der Waals surface area contributed by atoms with Crippen LogP contribution in [0, 0.1) is 40.4 Å². The Kier molecular flexibility index (Phi) is 13.3. The minimum Gasteiger partial charge on any atom is -0.461 e. The van der Waals surface area contributed by atoms with Gasteiger partial charge in [-0.05, 0) is 113 Å². The Morgan fingerprint density at radius 2 is 1.70 bits per heavy atom. The molecule has 0 spiro atoms. The number of alkyl carbamates (subject to hydrolysis) is 1. The maximum absolute atomic E-state index is 12.7. The zero-order chi connectivity index (χ0) is 33.5. The summed E-state index contributed by atoms with van der Waals surface area (Å²) in [5.41, 5.74) is 1.77. The first kappa shape index (κ1) is 37.5. The topological polar surface area (TPSA) is 93.7 Å². The predicted molar refractivity (Wildman–Crippen MR) is 191 cm³/mol. The SMILES string of the molecule is CC(C)CCCCC1CCC2C3CC=C4CC(OC(=O)CSSCC(=O)NCCNC(=O)OC(C)(C)C)CCC4(C)C3CCC12C. The van der Waals surface area contributed by atoms with E-state index in [9.17, 15) is 14.4 Å². The molecule has 2 N–H and O–H groups in total. The third-order valence-electron chi connectivity index (χ3n) is 11.7. The number of ether oxygens (including phenoxy) is 2. The highest BCUT2D eigenvalue weighted by molar-refractivity contribution is 8.77. The first-order chi connectivity index (χ1) is 21.7. The van der Waals surface area contributed by atoms with Crippen molar-refractivity contribution in [1.82, 2.24) is 10.6 Å². The lowest BCUT2D eigenvalue weighted by atomic mass is 9.47. The van der Waals surface area contributed by atoms with Gasteiger partial charge in [-0.1, -0.05) is 80.2 Å². The Hall–Kier alpha value is -1.35. The predicted octanol–water partition coefficient (Wildman–Crippen LogP) is 8.72. The molecule has 9 heteroatoms. The number of amides is 2. The fraction of sp³-hybridized carbons (Fsp3) is 0.865. The molecular formula is C37H62N2O5S2. The molecule has 0 aromatic carbocycles. The van der Waals surface area contributed by atoms with E-state index in [-0.39, 0.29) is 34.9 Å². The van der Waals surface area contributed by atoms with Crippen LogP contribution in [0.3, 0.4) is 0 Å². The Balaban J connectivity index is 1.15. The summed E-state index contributed by atoms with van der Waals surface area (Å²) in [6.45, 7) is 15.9. The van der Waals surface area contributed by atoms with Crippen LogP contribution >= 0.6 is 21.6 Å². The fourth-order valence-corrected chi connectivity index (χ4v) is 11.0. The van der Waals surface area contributed by atoms with Crippen molar-refractivity contribution in [3.05, 3.63) is 11.6 Å². The van der Waals surface area contributed by atoms with Crippen LogP contribution in [0.25, 0.3) is 0 Å². The van der Waals surface area contributed by atoms with Crippen LogP contribution in [0.1, 0.15) is 126 Å². The fourth-order valence-electron chi connectivity index (χ4n) is 9.39. The van der Waals surface area contributed by atoms with Gasteiger partial charge in [-0.15, -0.1) is 0 Å². The van der Waals surface area contributed by atoms with Crippen molar-refractivity contribution in [2.75, 3.05) is 24.6 Å². The van der Waals surface area contributed by atoms with Gasteiger partial charge in [0.25, 0.3) is 0 Å². The van der Waals surface area contributed by atoms with E-state index in [4.69, 9.17) is 9.47 Å². The van der Waals surface area contributed by atoms with E-state index >= 15 is 0 Å². The molecule has 3 saturated carbocycles. The molecule has 46 heavy (non-hydrogen) atoms. The first-order valence-corrected chi connectivity index (χ1v) is 20.6. The van der Waals surface area contributed by atoms with Crippen LogP contribution in [-0.2, 0) is 19.1 Å². The van der Waals surface area contributed by atoms with Crippen LogP contribution in [0.15, 0.2) is 11.6 Å². The second kappa shape index (κ2) is 16.4. The van der Waals surface area contributed by atoms with Crippen molar-refractivity contribution in [3.63, 3.8) is 0 Å². The third kappa shape index (κ3) is 9.85. The highest BCUT2D eigenvalue weighted by Gasteiger charge is 2.58. The summed E-state index contributed by atoms with van der Waals surface area (Å²) in [7, 11) is 2.71. The molecule has 0 aromatic rings. The summed E-state index contributed by atoms with van der Waals surface area (Å²) < 4.78 is 11.1. The van der Waals surface area contributed by atoms with Gasteiger partial charge in [0.2, 0.25) is 5.91 Å². The Morgan fingerprint density at radius 3 is 2.43 bits per heavy atom. The van der Waals surface area contributed by atoms with Crippen LogP contribution in [0.5, 0.6) is 0 Å². The number of nitrogens with one attached hydrogen (secondary N) is 2. The van der Waals surface area contributed by atoms with Crippen LogP contribution in [0.2, 0.25) is 0 Å². The third-order valence-corrected chi connectivity index (χ3v) is 13.8. The summed E-state index contributed by atoms with van der Waals surface area (Å²) >= 11 is 0. The quantitative estimate of drug-likeness (QED) is 0.0822. The highest BCUT2D eigenvalue weighted by Crippen LogP contribution is 2.66. The lowest BCUT2D eigenvalue weighted by Gasteiger charge is -2.58. The zero-order valence-corrected chi connectivity index (χ0v) is 31.3. The molecule has 2 amide bonds. The zero-order valence-electron chi connectivity index (χ0n) is 29.7. The van der Waals surface area contributed by atoms with Crippen LogP contribution in [0.4, 0.5) is 4.79 Å². The average molecular weight is 679 g/mol. The minimum absolute atomic E-state index is 0.0368. The Labute approximate surface area is 287 Å². The van der Waals surface area contributed by atoms with Gasteiger partial charge in [0, 0.05) is 19.5 Å². The number of unbranched alkanes of at least 4 members (excludes halogenated alkanes) is 1. The van der Waals surface area contributed by atoms with Gasteiger partial charge in [-0.2, -0.15) is 0 Å². The second-order valence-electron chi connectivity index (χ2n) is 16.4. The van der Waals surface area contributed by atoms with Crippen molar-refractivity contribution in [2.24, 2.45) is 40.4 Å². The van der Waals surface area contributed by atoms with Crippen LogP contribution in [-0.4, -0.2) is 54.3 Å². The number of allylic oxidation sites excluding steroid dienone is 1. The molecule has 7 atom stereocenters. The summed E-state index contributed by atoms with van der Waals surface area (Å²) in [4.78, 5) is 36.5. The molecule has 4 aliphatic rings. The average Bonchev–Trinajstić information content (AvgIpc) is 3.31. The van der Waals surface area contributed by atoms with Crippen molar-refractivity contribution in [3.8, 4) is 0 Å². The summed E-state index contributed by atoms with van der Waals surface area (Å²) in [5, 5.41) is 5.39. The largest absolute Gasteiger partial charge is 0.461 e. The van der Waals surface area contributed by atoms with Crippen molar-refractivity contribution >= 4 is 39.6 Å². The Bertz CT molecular complexity index is 1090. The summed E-state index contributed by atoms with van der Waals surface area (Å²) in [5.74, 6) is 4.34. The number of hydrogen-bond donors (Lipinski definition) is 2. The van der Waals surface area contributed by atoms with Crippen molar-refractivity contribution < 1.29 is 23.9 Å². The number of carbonyl (C=O) groups excluding carboxylic acids is 3. The molecule has 3 fully saturated rings. The van der Waals surface area contributed by atoms with Crippen LogP contribution < -0.4 is 10.6 Å². The maximum Gasteiger partial charge on any atom is 0.407 e. The van der Waals surface area contributed by atoms with E-state index < -0.39 is 11.7 Å². The molecule has 0 bridgehead atoms. The van der Waals surface area contributed by atoms with Crippen molar-refractivity contribution in [1.29, 1.82) is 0 Å². The number of hydrogen-bond acceptors (Lipinski definition) is 7. The highest BCUT2D eigenvalue weighted by atomic mass is 33.1. The van der Waals surface area contributed by atoms with Gasteiger partial charge < -0.3 is 20.1 Å². The van der Waals surface area contributed by atoms with Gasteiger partial charge in [0.15, 0.2) is 0 Å². The lowest BCUT2D eigenvalue weighted by molar-refractivity contribution is -0.148. The summed E-state index contributed by atoms with van der Waals surface area (Å²) in [6, 6.07) is 0. The molecular weight excluding hydrogens is 617 g/mol. The molecule has 4 rings (SSSR count). The van der Waals surface area contributed by atoms with E-state index in [1.165, 1.54) is 79.4 Å². The van der Waals surface area contributed by atoms with Crippen molar-refractivity contribution in [2.45, 2.75) is 137 Å². The number of rotatable bonds is 14. The number of esters is 1. The van der Waals surface area contributed by atoms with E-state index in [2.05, 4.69) is 44.4 Å². The van der Waals surface area contributed by atoms with E-state index in [1.54, 1.807) is 26.3 Å². The van der Waals surface area contributed by atoms with Gasteiger partial charge in [0.1, 0.15) is 17.5 Å². The normalized spacial score (nSPS) is 32.1. The number of carbonyl (C=O) groups is 3. The lowest BCUT2D eigenvalue weighted by Crippen LogP contribution is -2.50. The molecule has 0 heterocycles. The smallest absolute Gasteiger partial charge is 0.407 e. The molecule has 0 aromatic heterocycles. The van der Waals surface area contributed by atoms with Gasteiger partial charge >= 0.3 is 12.1 Å². The van der Waals surface area contributed by atoms with E-state index in [0.29, 0.717) is 18.5 Å². The number of fused-ring (bicyclic) bond motifs is 5. The maximum atomic E-state index is 12.7. The second-order valence-corrected chi connectivity index (χ2v) is 18.9. The molecule has 7 nitrogen and oxygen atoms in total. The summed E-state index contributed by atoms with van der Waals surface area (Å²) in [6.07, 6.45) is 17.4. The van der Waals surface area contributed by atoms with E-state index in [0.717, 1.165) is 48.9 Å². The molecule has 4 aliphatic carbocycles. The Morgan fingerprint density at radius 1 is 0.957 bits per heavy atom. The molecule has 0 aliphatic heterocycles. The van der Waals surface area contributed by atoms with Gasteiger partial charge in [-0.25, -0.2) is 4.79 Å². The molecule has 7 unspecified atom stereocenters. The monoisotopic (exact) mass is 678 g/mol. The standard InChI is InChI=1S/C37H62N2O5S2/c1-25(2)10-8-9-11-26-13-15-30-29-14-12-27-22-28(16-18-37(27,7)31(29)17-19-36(26,30)6)43-33(41)24-46-45-23-32(40)38-20-21-39-34(42)44-35(3,4)5/h12,25-26,28-31H,8-11,13-24H2,1-7H3,(H,38,40)(H,39,42). The molecule has 0 radical (unpaired) electrons. The van der Waals surface area contributed by atoms with E-state index in [1.807, 2.05) is 0 Å².